The van der Waals surface area contributed by atoms with Gasteiger partial charge in [-0.2, -0.15) is 0 Å². The normalized spacial score (nSPS) is 16.6. The molecular formula is O8S2-2. The lowest BCUT2D eigenvalue weighted by molar-refractivity contribution is -0.886. The molecule has 0 aliphatic rings. The van der Waals surface area contributed by atoms with E-state index in [1.165, 1.54) is 0 Å². The molecule has 0 heterocycles. The smallest absolute Gasteiger partial charge is 0.121 e. The molecule has 8 nitrogen and oxygen atoms in total. The lowest BCUT2D eigenvalue weighted by Crippen LogP contribution is -2.09. The first-order valence-corrected chi connectivity index (χ1v) is 3.83. The van der Waals surface area contributed by atoms with E-state index < -0.39 is 9.05 Å². The fourth-order valence-electron chi connectivity index (χ4n) is 0.0680. The van der Waals surface area contributed by atoms with Crippen molar-refractivity contribution >= 4 is 20.2 Å². The Balaban J connectivity index is 3.21. The van der Waals surface area contributed by atoms with Gasteiger partial charge in [0.05, 0.1) is 0 Å². The Bertz CT molecular complexity index is 154. The van der Waals surface area contributed by atoms with Crippen molar-refractivity contribution in [2.45, 2.75) is 0 Å². The van der Waals surface area contributed by atoms with Crippen LogP contribution in [0.1, 0.15) is 0 Å². The molecule has 0 radical (unpaired) electrons. The lowest BCUT2D eigenvalue weighted by atomic mass is 14.2. The van der Waals surface area contributed by atoms with Gasteiger partial charge in [-0.1, -0.05) is 0 Å². The zero-order valence-electron chi connectivity index (χ0n) is 4.08. The monoisotopic (exact) mass is 192 g/mol. The Morgan fingerprint density at radius 1 is 1.30 bits per heavy atom. The van der Waals surface area contributed by atoms with Crippen LogP contribution in [-0.2, 0) is 44.7 Å². The van der Waals surface area contributed by atoms with Gasteiger partial charge < -0.3 is 9.81 Å². The van der Waals surface area contributed by atoms with Crippen LogP contribution in [0.15, 0.2) is 0 Å². The molecule has 0 fully saturated rings. The van der Waals surface area contributed by atoms with Crippen LogP contribution in [0.2, 0.25) is 0 Å². The molecular weight excluding hydrogens is 192 g/mol. The van der Waals surface area contributed by atoms with Crippen LogP contribution >= 0.6 is 0 Å². The summed E-state index contributed by atoms with van der Waals surface area (Å²) in [5.41, 5.74) is 0. The van der Waals surface area contributed by atoms with Gasteiger partial charge in [-0.05, 0) is 26.3 Å². The second-order valence-electron chi connectivity index (χ2n) is 0.748. The van der Waals surface area contributed by atoms with Crippen molar-refractivity contribution in [3.63, 3.8) is 0 Å². The van der Waals surface area contributed by atoms with Crippen LogP contribution < -0.4 is 5.26 Å². The standard InChI is InChI=1S/H2O8S2/c1-4-5-6-7-8-10(2,3)9/h1H,(H,2,3,9)/p-2. The van der Waals surface area contributed by atoms with Crippen LogP contribution in [-0.4, -0.2) is 8.76 Å². The molecule has 0 saturated heterocycles. The number of hydrogen-bond donors (Lipinski definition) is 0. The topological polar surface area (TPSA) is 109 Å². The SMILES string of the molecule is O=S([O-])(=S)OOOOO[O-]. The first-order chi connectivity index (χ1) is 4.56. The van der Waals surface area contributed by atoms with Crippen molar-refractivity contribution < 1.29 is 38.5 Å². The Kier molecular flexibility index (Phi) is 4.88. The Hall–Kier alpha value is 0.0900. The molecule has 0 saturated carbocycles. The highest BCUT2D eigenvalue weighted by atomic mass is 32.9. The lowest BCUT2D eigenvalue weighted by Gasteiger charge is -2.06. The van der Waals surface area contributed by atoms with Crippen LogP contribution in [0.3, 0.4) is 0 Å². The quantitative estimate of drug-likeness (QED) is 0.272. The molecule has 0 aliphatic heterocycles. The summed E-state index contributed by atoms with van der Waals surface area (Å²) in [7, 11) is -4.21. The minimum atomic E-state index is -4.21. The van der Waals surface area contributed by atoms with E-state index in [1.807, 2.05) is 0 Å². The maximum Gasteiger partial charge on any atom is 0.121 e. The van der Waals surface area contributed by atoms with Gasteiger partial charge >= 0.3 is 0 Å². The van der Waals surface area contributed by atoms with Crippen molar-refractivity contribution in [3.05, 3.63) is 0 Å². The molecule has 0 aliphatic carbocycles. The van der Waals surface area contributed by atoms with Gasteiger partial charge in [0, 0.05) is 0 Å². The van der Waals surface area contributed by atoms with Crippen molar-refractivity contribution in [3.8, 4) is 0 Å². The minimum Gasteiger partial charge on any atom is -0.746 e. The molecule has 10 heavy (non-hydrogen) atoms. The molecule has 62 valence electrons. The predicted octanol–water partition coefficient (Wildman–Crippen LogP) is -2.20. The van der Waals surface area contributed by atoms with Crippen molar-refractivity contribution in [1.29, 1.82) is 0 Å². The summed E-state index contributed by atoms with van der Waals surface area (Å²) in [5.74, 6) is 0. The fraction of sp³-hybridized carbons (Fsp3) is 0. The van der Waals surface area contributed by atoms with E-state index in [-0.39, 0.29) is 0 Å². The summed E-state index contributed by atoms with van der Waals surface area (Å²) in [4.78, 5) is 0. The molecule has 10 heteroatoms. The molecule has 1 atom stereocenters. The molecule has 0 aromatic heterocycles. The third kappa shape index (κ3) is 8.09. The molecule has 0 aromatic carbocycles. The molecule has 0 amide bonds. The summed E-state index contributed by atoms with van der Waals surface area (Å²) in [5, 5.41) is 20.8. The molecule has 0 aromatic rings. The van der Waals surface area contributed by atoms with E-state index in [0.717, 1.165) is 0 Å². The first-order valence-electron chi connectivity index (χ1n) is 1.50. The van der Waals surface area contributed by atoms with E-state index in [2.05, 4.69) is 35.7 Å². The van der Waals surface area contributed by atoms with Crippen LogP contribution in [0.25, 0.3) is 0 Å². The van der Waals surface area contributed by atoms with Crippen molar-refractivity contribution in [2.24, 2.45) is 0 Å². The molecule has 1 unspecified atom stereocenters. The van der Waals surface area contributed by atoms with Gasteiger partial charge in [-0.25, -0.2) is 4.21 Å². The third-order valence-corrected chi connectivity index (χ3v) is 0.583. The van der Waals surface area contributed by atoms with Crippen LogP contribution in [0.4, 0.5) is 0 Å². The second-order valence-corrected chi connectivity index (χ2v) is 2.93. The largest absolute Gasteiger partial charge is 0.746 e. The van der Waals surface area contributed by atoms with E-state index in [0.29, 0.717) is 0 Å². The predicted molar refractivity (Wildman–Crippen MR) is 21.7 cm³/mol. The summed E-state index contributed by atoms with van der Waals surface area (Å²) < 4.78 is 22.9. The fourth-order valence-corrected chi connectivity index (χ4v) is 0.227. The number of hydrogen-bond acceptors (Lipinski definition) is 9. The van der Waals surface area contributed by atoms with E-state index in [1.54, 1.807) is 0 Å². The van der Waals surface area contributed by atoms with E-state index in [9.17, 15) is 8.76 Å². The van der Waals surface area contributed by atoms with Gasteiger partial charge in [-0.3, -0.25) is 5.04 Å². The highest BCUT2D eigenvalue weighted by Crippen LogP contribution is 1.89. The summed E-state index contributed by atoms with van der Waals surface area (Å²) >= 11 is 3.60. The van der Waals surface area contributed by atoms with Crippen molar-refractivity contribution in [2.75, 3.05) is 0 Å². The maximum atomic E-state index is 9.81. The highest BCUT2D eigenvalue weighted by Gasteiger charge is 1.91. The van der Waals surface area contributed by atoms with Gasteiger partial charge in [0.1, 0.15) is 9.05 Å². The zero-order chi connectivity index (χ0) is 8.04. The zero-order valence-corrected chi connectivity index (χ0v) is 5.72. The van der Waals surface area contributed by atoms with Crippen LogP contribution in [0, 0.1) is 0 Å². The van der Waals surface area contributed by atoms with Gasteiger partial charge in [-0.15, -0.1) is 4.33 Å². The third-order valence-electron chi connectivity index (χ3n) is 0.194. The summed E-state index contributed by atoms with van der Waals surface area (Å²) in [6.07, 6.45) is 0. The van der Waals surface area contributed by atoms with E-state index in [4.69, 9.17) is 5.26 Å². The molecule has 0 rings (SSSR count). The summed E-state index contributed by atoms with van der Waals surface area (Å²) in [6, 6.07) is 0. The molecule has 0 N–H and O–H groups in total. The Morgan fingerprint density at radius 3 is 2.30 bits per heavy atom. The Labute approximate surface area is 59.5 Å². The van der Waals surface area contributed by atoms with Crippen molar-refractivity contribution in [1.82, 2.24) is 0 Å². The molecule has 0 bridgehead atoms. The summed E-state index contributed by atoms with van der Waals surface area (Å²) in [6.45, 7) is 0. The average molecular weight is 192 g/mol. The van der Waals surface area contributed by atoms with Gasteiger partial charge in [0.15, 0.2) is 0 Å². The average Bonchev–Trinajstić information content (AvgIpc) is 1.78. The van der Waals surface area contributed by atoms with Gasteiger partial charge in [0.25, 0.3) is 0 Å². The highest BCUT2D eigenvalue weighted by molar-refractivity contribution is 8.26. The molecule has 0 spiro atoms. The Morgan fingerprint density at radius 2 is 1.90 bits per heavy atom. The van der Waals surface area contributed by atoms with E-state index >= 15 is 0 Å². The minimum absolute atomic E-state index is 2.55. The van der Waals surface area contributed by atoms with Gasteiger partial charge in [0.2, 0.25) is 0 Å². The maximum absolute atomic E-state index is 9.81. The number of rotatable bonds is 5. The van der Waals surface area contributed by atoms with Crippen LogP contribution in [0.5, 0.6) is 0 Å². The first kappa shape index (κ1) is 10.1. The second kappa shape index (κ2) is 4.84.